The normalized spacial score (nSPS) is 12.5. The van der Waals surface area contributed by atoms with Crippen molar-refractivity contribution in [1.82, 2.24) is 0 Å². The minimum absolute atomic E-state index is 0.307. The standard InChI is InChI=1S/C15H23NO2S/c1-4-18-15(17)14(16)9-10-19-13-7-5-12(6-8-13)11(2)3/h5-8,11,14H,4,9-10,16H2,1-3H3. The fourth-order valence-corrected chi connectivity index (χ4v) is 2.56. The lowest BCUT2D eigenvalue weighted by atomic mass is 10.0. The second-order valence-electron chi connectivity index (χ2n) is 4.72. The van der Waals surface area contributed by atoms with Crippen molar-refractivity contribution in [3.05, 3.63) is 29.8 Å². The van der Waals surface area contributed by atoms with Crippen LogP contribution < -0.4 is 5.73 Å². The maximum absolute atomic E-state index is 11.3. The number of nitrogens with two attached hydrogens (primary N) is 1. The summed E-state index contributed by atoms with van der Waals surface area (Å²) in [5.74, 6) is 1.07. The van der Waals surface area contributed by atoms with E-state index in [-0.39, 0.29) is 5.97 Å². The van der Waals surface area contributed by atoms with Gasteiger partial charge in [-0.05, 0) is 37.0 Å². The summed E-state index contributed by atoms with van der Waals surface area (Å²) < 4.78 is 4.88. The van der Waals surface area contributed by atoms with Gasteiger partial charge in [-0.2, -0.15) is 0 Å². The molecule has 106 valence electrons. The van der Waals surface area contributed by atoms with Crippen molar-refractivity contribution in [1.29, 1.82) is 0 Å². The van der Waals surface area contributed by atoms with Crippen LogP contribution in [0.2, 0.25) is 0 Å². The molecule has 1 unspecified atom stereocenters. The van der Waals surface area contributed by atoms with Gasteiger partial charge in [-0.1, -0.05) is 26.0 Å². The van der Waals surface area contributed by atoms with Gasteiger partial charge in [-0.15, -0.1) is 11.8 Å². The molecule has 4 heteroatoms. The maximum atomic E-state index is 11.3. The van der Waals surface area contributed by atoms with E-state index in [2.05, 4.69) is 38.1 Å². The van der Waals surface area contributed by atoms with Gasteiger partial charge in [0.1, 0.15) is 6.04 Å². The Labute approximate surface area is 119 Å². The average Bonchev–Trinajstić information content (AvgIpc) is 2.39. The lowest BCUT2D eigenvalue weighted by Crippen LogP contribution is -2.32. The second kappa shape index (κ2) is 8.23. The molecule has 0 amide bonds. The number of hydrogen-bond donors (Lipinski definition) is 1. The Kier molecular flexibility index (Phi) is 6.95. The molecule has 3 nitrogen and oxygen atoms in total. The number of rotatable bonds is 7. The van der Waals surface area contributed by atoms with Crippen LogP contribution in [0.4, 0.5) is 0 Å². The largest absolute Gasteiger partial charge is 0.465 e. The summed E-state index contributed by atoms with van der Waals surface area (Å²) in [6.45, 7) is 6.53. The number of carbonyl (C=O) groups is 1. The first-order chi connectivity index (χ1) is 9.04. The van der Waals surface area contributed by atoms with Gasteiger partial charge in [0, 0.05) is 10.6 Å². The molecule has 1 atom stereocenters. The van der Waals surface area contributed by atoms with Gasteiger partial charge in [0.25, 0.3) is 0 Å². The van der Waals surface area contributed by atoms with Crippen LogP contribution in [0.1, 0.15) is 38.7 Å². The Morgan fingerprint density at radius 3 is 2.47 bits per heavy atom. The van der Waals surface area contributed by atoms with Gasteiger partial charge < -0.3 is 10.5 Å². The van der Waals surface area contributed by atoms with Crippen molar-refractivity contribution in [3.63, 3.8) is 0 Å². The molecule has 0 saturated carbocycles. The molecule has 0 radical (unpaired) electrons. The minimum atomic E-state index is -0.512. The van der Waals surface area contributed by atoms with Gasteiger partial charge in [0.15, 0.2) is 0 Å². The summed E-state index contributed by atoms with van der Waals surface area (Å²) in [5, 5.41) is 0. The number of benzene rings is 1. The molecule has 1 aromatic rings. The third-order valence-corrected chi connectivity index (χ3v) is 3.88. The molecule has 0 fully saturated rings. The smallest absolute Gasteiger partial charge is 0.322 e. The predicted molar refractivity (Wildman–Crippen MR) is 80.5 cm³/mol. The van der Waals surface area contributed by atoms with E-state index in [4.69, 9.17) is 10.5 Å². The Balaban J connectivity index is 2.35. The quantitative estimate of drug-likeness (QED) is 0.616. The van der Waals surface area contributed by atoms with Crippen LogP contribution in [-0.2, 0) is 9.53 Å². The highest BCUT2D eigenvalue weighted by Crippen LogP contribution is 2.22. The van der Waals surface area contributed by atoms with Crippen molar-refractivity contribution in [2.24, 2.45) is 5.73 Å². The molecule has 1 rings (SSSR count). The highest BCUT2D eigenvalue weighted by molar-refractivity contribution is 7.99. The summed E-state index contributed by atoms with van der Waals surface area (Å²) in [7, 11) is 0. The van der Waals surface area contributed by atoms with Crippen LogP contribution in [0.3, 0.4) is 0 Å². The first-order valence-corrected chi connectivity index (χ1v) is 7.68. The van der Waals surface area contributed by atoms with E-state index in [0.717, 1.165) is 5.75 Å². The summed E-state index contributed by atoms with van der Waals surface area (Å²) in [4.78, 5) is 12.6. The van der Waals surface area contributed by atoms with E-state index >= 15 is 0 Å². The highest BCUT2D eigenvalue weighted by atomic mass is 32.2. The van der Waals surface area contributed by atoms with Crippen LogP contribution in [0.25, 0.3) is 0 Å². The zero-order valence-corrected chi connectivity index (χ0v) is 12.7. The molecule has 0 aliphatic rings. The van der Waals surface area contributed by atoms with E-state index < -0.39 is 6.04 Å². The van der Waals surface area contributed by atoms with Crippen molar-refractivity contribution >= 4 is 17.7 Å². The van der Waals surface area contributed by atoms with Crippen LogP contribution in [0.5, 0.6) is 0 Å². The number of carbonyl (C=O) groups excluding carboxylic acids is 1. The molecule has 19 heavy (non-hydrogen) atoms. The first-order valence-electron chi connectivity index (χ1n) is 6.69. The zero-order valence-electron chi connectivity index (χ0n) is 11.9. The van der Waals surface area contributed by atoms with Crippen LogP contribution in [-0.4, -0.2) is 24.4 Å². The predicted octanol–water partition coefficient (Wildman–Crippen LogP) is 3.18. The Morgan fingerprint density at radius 2 is 1.95 bits per heavy atom. The Bertz CT molecular complexity index is 390. The third kappa shape index (κ3) is 5.66. The number of hydrogen-bond acceptors (Lipinski definition) is 4. The molecule has 0 aliphatic heterocycles. The molecule has 0 aliphatic carbocycles. The lowest BCUT2D eigenvalue weighted by molar-refractivity contribution is -0.144. The van der Waals surface area contributed by atoms with Crippen molar-refractivity contribution in [3.8, 4) is 0 Å². The van der Waals surface area contributed by atoms with Gasteiger partial charge in [-0.25, -0.2) is 0 Å². The van der Waals surface area contributed by atoms with Gasteiger partial charge >= 0.3 is 5.97 Å². The molecule has 0 saturated heterocycles. The Hall–Kier alpha value is -1.00. The number of esters is 1. The van der Waals surface area contributed by atoms with Crippen molar-refractivity contribution in [2.75, 3.05) is 12.4 Å². The number of ether oxygens (including phenoxy) is 1. The van der Waals surface area contributed by atoms with Crippen LogP contribution >= 0.6 is 11.8 Å². The average molecular weight is 281 g/mol. The fourth-order valence-electron chi connectivity index (χ4n) is 1.62. The van der Waals surface area contributed by atoms with E-state index in [1.54, 1.807) is 18.7 Å². The number of thioether (sulfide) groups is 1. The SMILES string of the molecule is CCOC(=O)C(N)CCSc1ccc(C(C)C)cc1. The van der Waals surface area contributed by atoms with Gasteiger partial charge in [0.05, 0.1) is 6.61 Å². The second-order valence-corrected chi connectivity index (χ2v) is 5.89. The highest BCUT2D eigenvalue weighted by Gasteiger charge is 2.13. The fraction of sp³-hybridized carbons (Fsp3) is 0.533. The summed E-state index contributed by atoms with van der Waals surface area (Å²) in [6.07, 6.45) is 0.634. The van der Waals surface area contributed by atoms with E-state index in [0.29, 0.717) is 18.9 Å². The monoisotopic (exact) mass is 281 g/mol. The van der Waals surface area contributed by atoms with Crippen molar-refractivity contribution < 1.29 is 9.53 Å². The third-order valence-electron chi connectivity index (χ3n) is 2.83. The van der Waals surface area contributed by atoms with Crippen LogP contribution in [0, 0.1) is 0 Å². The zero-order chi connectivity index (χ0) is 14.3. The molecule has 0 aromatic heterocycles. The molecule has 1 aromatic carbocycles. The molecular formula is C15H23NO2S. The maximum Gasteiger partial charge on any atom is 0.322 e. The molecule has 2 N–H and O–H groups in total. The van der Waals surface area contributed by atoms with Gasteiger partial charge in [-0.3, -0.25) is 4.79 Å². The lowest BCUT2D eigenvalue weighted by Gasteiger charge is -2.10. The Morgan fingerprint density at radius 1 is 1.32 bits per heavy atom. The molecule has 0 bridgehead atoms. The van der Waals surface area contributed by atoms with E-state index in [1.165, 1.54) is 10.5 Å². The summed E-state index contributed by atoms with van der Waals surface area (Å²) in [5.41, 5.74) is 7.08. The summed E-state index contributed by atoms with van der Waals surface area (Å²) >= 11 is 1.72. The van der Waals surface area contributed by atoms with E-state index in [1.807, 2.05) is 0 Å². The minimum Gasteiger partial charge on any atom is -0.465 e. The van der Waals surface area contributed by atoms with Gasteiger partial charge in [0.2, 0.25) is 0 Å². The van der Waals surface area contributed by atoms with Crippen LogP contribution in [0.15, 0.2) is 29.2 Å². The van der Waals surface area contributed by atoms with E-state index in [9.17, 15) is 4.79 Å². The molecular weight excluding hydrogens is 258 g/mol. The molecule has 0 spiro atoms. The first kappa shape index (κ1) is 16.1. The summed E-state index contributed by atoms with van der Waals surface area (Å²) in [6, 6.07) is 8.03. The topological polar surface area (TPSA) is 52.3 Å². The van der Waals surface area contributed by atoms with Crippen molar-refractivity contribution in [2.45, 2.75) is 44.0 Å². The molecule has 0 heterocycles.